The highest BCUT2D eigenvalue weighted by Crippen LogP contribution is 2.07. The van der Waals surface area contributed by atoms with Crippen LogP contribution in [0.5, 0.6) is 0 Å². The van der Waals surface area contributed by atoms with Crippen LogP contribution in [0, 0.1) is 10.1 Å². The van der Waals surface area contributed by atoms with Crippen LogP contribution in [0.25, 0.3) is 0 Å². The first-order valence-corrected chi connectivity index (χ1v) is 4.68. The van der Waals surface area contributed by atoms with Crippen molar-refractivity contribution in [2.75, 3.05) is 13.2 Å². The fourth-order valence-electron chi connectivity index (χ4n) is 0.504. The predicted molar refractivity (Wildman–Crippen MR) is 50.9 cm³/mol. The summed E-state index contributed by atoms with van der Waals surface area (Å²) in [7, 11) is 0. The largest absolute Gasteiger partial charge is 0.382 e. The first kappa shape index (κ1) is 12.0. The van der Waals surface area contributed by atoms with E-state index in [1.165, 1.54) is 6.07 Å². The molecule has 0 amide bonds. The second-order valence-corrected chi connectivity index (χ2v) is 2.56. The summed E-state index contributed by atoms with van der Waals surface area (Å²) < 4.78 is 8.29. The van der Waals surface area contributed by atoms with Crippen molar-refractivity contribution in [1.29, 1.82) is 0 Å². The summed E-state index contributed by atoms with van der Waals surface area (Å²) in [4.78, 5) is 9.29. The fraction of sp³-hybridized carbons (Fsp3) is 0.571. The Kier molecular flexibility index (Phi) is 7.04. The third kappa shape index (κ3) is 6.18. The Labute approximate surface area is 80.7 Å². The molecule has 6 heteroatoms. The van der Waals surface area contributed by atoms with Gasteiger partial charge < -0.3 is 14.9 Å². The first-order valence-electron chi connectivity index (χ1n) is 3.84. The lowest BCUT2D eigenvalue weighted by atomic mass is 10.7. The molecule has 1 rings (SSSR count). The molecule has 0 aliphatic rings. The lowest BCUT2D eigenvalue weighted by Gasteiger charge is -1.86. The van der Waals surface area contributed by atoms with Crippen LogP contribution in [0.15, 0.2) is 11.4 Å². The number of hydrogen-bond donors (Lipinski definition) is 0. The van der Waals surface area contributed by atoms with Gasteiger partial charge in [-0.2, -0.15) is 0 Å². The summed E-state index contributed by atoms with van der Waals surface area (Å²) in [6.45, 7) is 5.67. The van der Waals surface area contributed by atoms with Gasteiger partial charge in [-0.1, -0.05) is 0 Å². The van der Waals surface area contributed by atoms with E-state index in [4.69, 9.17) is 4.74 Å². The van der Waals surface area contributed by atoms with Gasteiger partial charge in [0.05, 0.1) is 17.6 Å². The maximum Gasteiger partial charge on any atom is 0.378 e. The molecule has 13 heavy (non-hydrogen) atoms. The van der Waals surface area contributed by atoms with Gasteiger partial charge in [-0.15, -0.1) is 0 Å². The minimum absolute atomic E-state index is 0.0741. The molecular weight excluding hydrogens is 192 g/mol. The highest BCUT2D eigenvalue weighted by atomic mass is 32.1. The Morgan fingerprint density at radius 1 is 1.62 bits per heavy atom. The van der Waals surface area contributed by atoms with Gasteiger partial charge in [-0.25, -0.2) is 0 Å². The third-order valence-electron chi connectivity index (χ3n) is 1.02. The van der Waals surface area contributed by atoms with Gasteiger partial charge in [0, 0.05) is 23.0 Å². The smallest absolute Gasteiger partial charge is 0.378 e. The zero-order chi connectivity index (χ0) is 10.1. The molecule has 0 aliphatic carbocycles. The van der Waals surface area contributed by atoms with Crippen LogP contribution in [-0.4, -0.2) is 22.5 Å². The van der Waals surface area contributed by atoms with Crippen molar-refractivity contribution in [3.8, 4) is 0 Å². The number of nitrogens with zero attached hydrogens (tertiary/aromatic N) is 2. The van der Waals surface area contributed by atoms with Gasteiger partial charge in [-0.3, -0.25) is 0 Å². The Bertz CT molecular complexity index is 224. The summed E-state index contributed by atoms with van der Waals surface area (Å²) in [5.74, 6) is -0.0741. The maximum absolute atomic E-state index is 9.81. The van der Waals surface area contributed by atoms with Gasteiger partial charge in [0.15, 0.2) is 0 Å². The number of ether oxygens (including phenoxy) is 1. The van der Waals surface area contributed by atoms with Gasteiger partial charge >= 0.3 is 5.82 Å². The molecule has 0 aromatic carbocycles. The van der Waals surface area contributed by atoms with Crippen molar-refractivity contribution in [2.24, 2.45) is 0 Å². The first-order chi connectivity index (χ1) is 6.22. The molecule has 1 heterocycles. The molecule has 0 saturated heterocycles. The fourth-order valence-corrected chi connectivity index (χ4v) is 0.983. The topological polar surface area (TPSA) is 65.3 Å². The van der Waals surface area contributed by atoms with Crippen LogP contribution in [0.2, 0.25) is 0 Å². The Morgan fingerprint density at radius 3 is 2.38 bits per heavy atom. The molecule has 0 spiro atoms. The van der Waals surface area contributed by atoms with E-state index in [2.05, 4.69) is 4.37 Å². The van der Waals surface area contributed by atoms with E-state index in [1.54, 1.807) is 5.38 Å². The lowest BCUT2D eigenvalue weighted by molar-refractivity contribution is -0.388. The third-order valence-corrected chi connectivity index (χ3v) is 1.57. The van der Waals surface area contributed by atoms with Crippen molar-refractivity contribution >= 4 is 17.4 Å². The highest BCUT2D eigenvalue weighted by molar-refractivity contribution is 7.03. The Hall–Kier alpha value is -1.01. The predicted octanol–water partition coefficient (Wildman–Crippen LogP) is 2.09. The molecule has 74 valence electrons. The van der Waals surface area contributed by atoms with E-state index in [-0.39, 0.29) is 5.82 Å². The highest BCUT2D eigenvalue weighted by Gasteiger charge is 2.03. The van der Waals surface area contributed by atoms with Crippen molar-refractivity contribution in [3.05, 3.63) is 21.6 Å². The van der Waals surface area contributed by atoms with Gasteiger partial charge in [0.2, 0.25) is 0 Å². The van der Waals surface area contributed by atoms with E-state index in [1.807, 2.05) is 13.8 Å². The average Bonchev–Trinajstić information content (AvgIpc) is 2.58. The summed E-state index contributed by atoms with van der Waals surface area (Å²) in [5, 5.41) is 11.4. The minimum Gasteiger partial charge on any atom is -0.382 e. The zero-order valence-corrected chi connectivity index (χ0v) is 8.41. The molecule has 0 aliphatic heterocycles. The quantitative estimate of drug-likeness (QED) is 0.558. The van der Waals surface area contributed by atoms with Gasteiger partial charge in [0.25, 0.3) is 0 Å². The van der Waals surface area contributed by atoms with Crippen LogP contribution < -0.4 is 0 Å². The van der Waals surface area contributed by atoms with Crippen LogP contribution in [0.4, 0.5) is 5.82 Å². The standard InChI is InChI=1S/C4H10O.C3H2N2O2S/c1-3-5-4-2;6-5(7)3-1-2-8-4-3/h3-4H2,1-2H3;1-2H. The summed E-state index contributed by atoms with van der Waals surface area (Å²) in [6, 6.07) is 1.37. The normalized spacial score (nSPS) is 8.77. The second kappa shape index (κ2) is 7.63. The number of hydrogen-bond acceptors (Lipinski definition) is 5. The summed E-state index contributed by atoms with van der Waals surface area (Å²) in [6.07, 6.45) is 0. The second-order valence-electron chi connectivity index (χ2n) is 1.90. The minimum atomic E-state index is -0.517. The molecule has 0 radical (unpaired) electrons. The van der Waals surface area contributed by atoms with E-state index >= 15 is 0 Å². The molecule has 0 N–H and O–H groups in total. The van der Waals surface area contributed by atoms with E-state index < -0.39 is 4.92 Å². The number of nitro groups is 1. The lowest BCUT2D eigenvalue weighted by Crippen LogP contribution is -1.84. The number of rotatable bonds is 3. The molecule has 0 unspecified atom stereocenters. The SMILES string of the molecule is CCOCC.O=[N+]([O-])c1ccsn1. The van der Waals surface area contributed by atoms with E-state index in [0.29, 0.717) is 0 Å². The molecular formula is C7H12N2O3S. The Morgan fingerprint density at radius 2 is 2.23 bits per heavy atom. The van der Waals surface area contributed by atoms with Crippen molar-refractivity contribution in [2.45, 2.75) is 13.8 Å². The molecule has 0 saturated carbocycles. The van der Waals surface area contributed by atoms with Crippen LogP contribution in [0.3, 0.4) is 0 Å². The van der Waals surface area contributed by atoms with Crippen molar-refractivity contribution in [3.63, 3.8) is 0 Å². The van der Waals surface area contributed by atoms with Gasteiger partial charge in [0.1, 0.15) is 0 Å². The van der Waals surface area contributed by atoms with Crippen molar-refractivity contribution in [1.82, 2.24) is 4.37 Å². The Balaban J connectivity index is 0.000000252. The molecule has 5 nitrogen and oxygen atoms in total. The van der Waals surface area contributed by atoms with Crippen molar-refractivity contribution < 1.29 is 9.66 Å². The number of aromatic nitrogens is 1. The van der Waals surface area contributed by atoms with Gasteiger partial charge in [-0.05, 0) is 18.8 Å². The molecule has 0 atom stereocenters. The molecule has 0 fully saturated rings. The molecule has 0 bridgehead atoms. The van der Waals surface area contributed by atoms with Crippen LogP contribution >= 0.6 is 11.5 Å². The summed E-state index contributed by atoms with van der Waals surface area (Å²) in [5.41, 5.74) is 0. The van der Waals surface area contributed by atoms with Crippen LogP contribution in [0.1, 0.15) is 13.8 Å². The monoisotopic (exact) mass is 204 g/mol. The maximum atomic E-state index is 9.81. The van der Waals surface area contributed by atoms with E-state index in [9.17, 15) is 10.1 Å². The average molecular weight is 204 g/mol. The summed E-state index contributed by atoms with van der Waals surface area (Å²) >= 11 is 1.08. The molecule has 1 aromatic heterocycles. The van der Waals surface area contributed by atoms with E-state index in [0.717, 1.165) is 24.7 Å². The molecule has 1 aromatic rings. The van der Waals surface area contributed by atoms with Crippen LogP contribution in [-0.2, 0) is 4.74 Å². The zero-order valence-electron chi connectivity index (χ0n) is 7.60.